The van der Waals surface area contributed by atoms with Crippen molar-refractivity contribution in [2.24, 2.45) is 17.8 Å². The first-order valence-electron chi connectivity index (χ1n) is 8.58. The zero-order valence-corrected chi connectivity index (χ0v) is 19.7. The van der Waals surface area contributed by atoms with E-state index in [0.717, 1.165) is 17.8 Å². The molecule has 0 fully saturated rings. The molecule has 0 spiro atoms. The standard InChI is InChI=1S/C18H43PSi/c1-13(2)16(7,8)19(20,17(9,10)14(3)4)18(11,12)15(5)6/h13-15,19H,1-12,20H3. The molecular formula is C18H43PSi. The van der Waals surface area contributed by atoms with Gasteiger partial charge in [0.2, 0.25) is 0 Å². The SMILES string of the molecule is CC(C)C(C)(C)[PH]([SiH3])(C(C)(C)C(C)C)C(C)(C)C(C)C. The third-order valence-corrected chi connectivity index (χ3v) is 29.3. The van der Waals surface area contributed by atoms with Crippen molar-refractivity contribution in [2.45, 2.75) is 98.6 Å². The maximum absolute atomic E-state index is 2.59. The molecule has 0 radical (unpaired) electrons. The van der Waals surface area contributed by atoms with Gasteiger partial charge in [-0.25, -0.2) is 0 Å². The summed E-state index contributed by atoms with van der Waals surface area (Å²) in [5.74, 6) is 2.30. The van der Waals surface area contributed by atoms with Crippen LogP contribution in [0.4, 0.5) is 0 Å². The van der Waals surface area contributed by atoms with Gasteiger partial charge in [-0.3, -0.25) is 0 Å². The molecule has 0 saturated carbocycles. The summed E-state index contributed by atoms with van der Waals surface area (Å²) in [6.45, 7) is 28.8. The number of rotatable bonds is 6. The fourth-order valence-electron chi connectivity index (χ4n) is 4.22. The second-order valence-electron chi connectivity index (χ2n) is 9.75. The molecule has 0 bridgehead atoms. The van der Waals surface area contributed by atoms with Gasteiger partial charge in [0.1, 0.15) is 0 Å². The molecule has 0 aromatic heterocycles. The summed E-state index contributed by atoms with van der Waals surface area (Å²) >= 11 is 0. The molecular weight excluding hydrogens is 275 g/mol. The van der Waals surface area contributed by atoms with Gasteiger partial charge in [-0.2, -0.15) is 0 Å². The molecule has 0 aromatic carbocycles. The van der Waals surface area contributed by atoms with Gasteiger partial charge < -0.3 is 0 Å². The van der Waals surface area contributed by atoms with Crippen LogP contribution in [-0.4, -0.2) is 25.4 Å². The van der Waals surface area contributed by atoms with E-state index in [9.17, 15) is 0 Å². The molecule has 0 amide bonds. The first kappa shape index (κ1) is 20.6. The molecule has 0 aromatic rings. The summed E-state index contributed by atoms with van der Waals surface area (Å²) in [5, 5.41) is 1.46. The van der Waals surface area contributed by atoms with E-state index < -0.39 is 6.81 Å². The Kier molecular flexibility index (Phi) is 6.23. The molecule has 20 heavy (non-hydrogen) atoms. The minimum atomic E-state index is -1.48. The normalized spacial score (nSPS) is 16.6. The monoisotopic (exact) mass is 318 g/mol. The van der Waals surface area contributed by atoms with Gasteiger partial charge in [-0.15, -0.1) is 0 Å². The van der Waals surface area contributed by atoms with Crippen LogP contribution in [0.1, 0.15) is 83.1 Å². The third kappa shape index (κ3) is 2.79. The molecule has 2 heteroatoms. The first-order valence-corrected chi connectivity index (χ1v) is 14.1. The van der Waals surface area contributed by atoms with E-state index in [1.807, 2.05) is 0 Å². The average molecular weight is 319 g/mol. The summed E-state index contributed by atoms with van der Waals surface area (Å²) in [6.07, 6.45) is 0. The fourth-order valence-corrected chi connectivity index (χ4v) is 17.9. The maximum atomic E-state index is 2.59. The summed E-state index contributed by atoms with van der Waals surface area (Å²) in [6, 6.07) is 0. The van der Waals surface area contributed by atoms with E-state index in [2.05, 4.69) is 83.1 Å². The van der Waals surface area contributed by atoms with Crippen LogP contribution in [0.25, 0.3) is 0 Å². The van der Waals surface area contributed by atoms with Gasteiger partial charge in [0.25, 0.3) is 0 Å². The molecule has 0 atom stereocenters. The number of hydrogen-bond donors (Lipinski definition) is 0. The Morgan fingerprint density at radius 2 is 0.700 bits per heavy atom. The minimum absolute atomic E-state index is 0.487. The molecule has 0 rings (SSSR count). The summed E-state index contributed by atoms with van der Waals surface area (Å²) in [5.41, 5.74) is 0. The Hall–Kier alpha value is 0.647. The van der Waals surface area contributed by atoms with E-state index in [1.54, 1.807) is 0 Å². The van der Waals surface area contributed by atoms with Crippen LogP contribution in [0.2, 0.25) is 0 Å². The van der Waals surface area contributed by atoms with E-state index >= 15 is 0 Å². The Morgan fingerprint density at radius 1 is 0.550 bits per heavy atom. The Labute approximate surface area is 133 Å². The molecule has 0 N–H and O–H groups in total. The summed E-state index contributed by atoms with van der Waals surface area (Å²) in [4.78, 5) is 0. The Balaban J connectivity index is 6.38. The fraction of sp³-hybridized carbons (Fsp3) is 1.00. The topological polar surface area (TPSA) is 0 Å². The van der Waals surface area contributed by atoms with Gasteiger partial charge in [-0.1, -0.05) is 0 Å². The van der Waals surface area contributed by atoms with Crippen LogP contribution in [-0.2, 0) is 0 Å². The van der Waals surface area contributed by atoms with Crippen LogP contribution in [0.15, 0.2) is 0 Å². The average Bonchev–Trinajstić information content (AvgIpc) is 2.26. The van der Waals surface area contributed by atoms with Crippen LogP contribution < -0.4 is 0 Å². The zero-order valence-electron chi connectivity index (χ0n) is 16.7. The predicted octanol–water partition coefficient (Wildman–Crippen LogP) is 5.32. The van der Waals surface area contributed by atoms with E-state index in [-0.39, 0.29) is 0 Å². The third-order valence-electron chi connectivity index (χ3n) is 8.20. The van der Waals surface area contributed by atoms with Crippen molar-refractivity contribution in [3.63, 3.8) is 0 Å². The molecule has 0 unspecified atom stereocenters. The van der Waals surface area contributed by atoms with Gasteiger partial charge >= 0.3 is 133 Å². The van der Waals surface area contributed by atoms with Crippen molar-refractivity contribution in [1.29, 1.82) is 0 Å². The van der Waals surface area contributed by atoms with Gasteiger partial charge in [-0.05, 0) is 0 Å². The molecule has 124 valence electrons. The molecule has 0 heterocycles. The van der Waals surface area contributed by atoms with Crippen LogP contribution >= 0.6 is 6.81 Å². The predicted molar refractivity (Wildman–Crippen MR) is 105 cm³/mol. The summed E-state index contributed by atoms with van der Waals surface area (Å²) in [7, 11) is 1.38. The van der Waals surface area contributed by atoms with Crippen molar-refractivity contribution in [2.75, 3.05) is 0 Å². The van der Waals surface area contributed by atoms with Crippen molar-refractivity contribution in [3.05, 3.63) is 0 Å². The molecule has 0 aliphatic rings. The second-order valence-corrected chi connectivity index (χ2v) is 20.4. The van der Waals surface area contributed by atoms with Gasteiger partial charge in [0.05, 0.1) is 0 Å². The molecule has 0 aliphatic heterocycles. The van der Waals surface area contributed by atoms with Gasteiger partial charge in [0.15, 0.2) is 0 Å². The van der Waals surface area contributed by atoms with Crippen LogP contribution in [0.5, 0.6) is 0 Å². The van der Waals surface area contributed by atoms with Crippen molar-refractivity contribution >= 4 is 16.7 Å². The van der Waals surface area contributed by atoms with Crippen LogP contribution in [0.3, 0.4) is 0 Å². The second kappa shape index (κ2) is 6.03. The first-order chi connectivity index (χ1) is 8.58. The van der Waals surface area contributed by atoms with E-state index in [1.165, 1.54) is 9.91 Å². The summed E-state index contributed by atoms with van der Waals surface area (Å²) < 4.78 is 0. The van der Waals surface area contributed by atoms with Crippen molar-refractivity contribution in [3.8, 4) is 0 Å². The van der Waals surface area contributed by atoms with Crippen molar-refractivity contribution < 1.29 is 0 Å². The van der Waals surface area contributed by atoms with Crippen LogP contribution in [0, 0.1) is 17.8 Å². The quantitative estimate of drug-likeness (QED) is 0.459. The zero-order chi connectivity index (χ0) is 16.7. The number of hydrogen-bond acceptors (Lipinski definition) is 0. The van der Waals surface area contributed by atoms with Gasteiger partial charge in [0, 0.05) is 0 Å². The Morgan fingerprint density at radius 3 is 0.800 bits per heavy atom. The molecule has 0 aliphatic carbocycles. The molecule has 0 saturated heterocycles. The van der Waals surface area contributed by atoms with E-state index in [4.69, 9.17) is 0 Å². The molecule has 0 nitrogen and oxygen atoms in total. The van der Waals surface area contributed by atoms with E-state index in [0.29, 0.717) is 15.5 Å². The Bertz CT molecular complexity index is 274. The van der Waals surface area contributed by atoms with Crippen molar-refractivity contribution in [1.82, 2.24) is 0 Å².